The molecule has 0 atom stereocenters. The number of thiophene rings is 1. The normalized spacial score (nSPS) is 10.9. The highest BCUT2D eigenvalue weighted by atomic mass is 35.5. The lowest BCUT2D eigenvalue weighted by Gasteiger charge is -2.10. The first-order chi connectivity index (χ1) is 14.0. The van der Waals surface area contributed by atoms with Gasteiger partial charge >= 0.3 is 0 Å². The number of allylic oxidation sites excluding steroid dienone is 1. The van der Waals surface area contributed by atoms with E-state index in [-0.39, 0.29) is 11.7 Å². The summed E-state index contributed by atoms with van der Waals surface area (Å²) < 4.78 is 2.01. The summed E-state index contributed by atoms with van der Waals surface area (Å²) in [5.41, 5.74) is 3.97. The predicted octanol–water partition coefficient (Wildman–Crippen LogP) is 5.76. The van der Waals surface area contributed by atoms with Crippen LogP contribution in [0.5, 0.6) is 0 Å². The molecule has 5 nitrogen and oxygen atoms in total. The molecule has 0 saturated carbocycles. The lowest BCUT2D eigenvalue weighted by molar-refractivity contribution is -0.113. The van der Waals surface area contributed by atoms with E-state index in [0.29, 0.717) is 16.7 Å². The molecule has 1 N–H and O–H groups in total. The van der Waals surface area contributed by atoms with Crippen molar-refractivity contribution in [3.05, 3.63) is 57.3 Å². The van der Waals surface area contributed by atoms with Gasteiger partial charge in [-0.3, -0.25) is 9.36 Å². The summed E-state index contributed by atoms with van der Waals surface area (Å²) in [6.07, 6.45) is 2.76. The maximum atomic E-state index is 12.4. The van der Waals surface area contributed by atoms with Crippen molar-refractivity contribution in [3.8, 4) is 11.4 Å². The lowest BCUT2D eigenvalue weighted by Crippen LogP contribution is -2.15. The standard InChI is InChI=1S/C21H23ClN4OS2/c1-5-10-26-20(16-11-28-14(4)15(16)6-2)24-25-21(26)29-12-19(27)23-18-9-7-8-17(22)13(18)3/h5,7-9,11H,1,6,10,12H2,2-4H3,(H,23,27). The maximum absolute atomic E-state index is 12.4. The Morgan fingerprint density at radius 1 is 1.38 bits per heavy atom. The molecule has 0 fully saturated rings. The number of aromatic nitrogens is 3. The Bertz CT molecular complexity index is 1040. The fraction of sp³-hybridized carbons (Fsp3) is 0.286. The summed E-state index contributed by atoms with van der Waals surface area (Å²) in [4.78, 5) is 13.7. The molecular formula is C21H23ClN4OS2. The van der Waals surface area contributed by atoms with Crippen molar-refractivity contribution >= 4 is 46.3 Å². The molecule has 3 rings (SSSR count). The quantitative estimate of drug-likeness (QED) is 0.353. The molecule has 2 heterocycles. The molecule has 0 aliphatic heterocycles. The number of thioether (sulfide) groups is 1. The van der Waals surface area contributed by atoms with Crippen molar-refractivity contribution in [3.63, 3.8) is 0 Å². The van der Waals surface area contributed by atoms with Crippen LogP contribution in [0.4, 0.5) is 5.69 Å². The van der Waals surface area contributed by atoms with Crippen molar-refractivity contribution in [2.24, 2.45) is 0 Å². The number of rotatable bonds is 8. The number of benzene rings is 1. The number of halogens is 1. The Morgan fingerprint density at radius 2 is 2.17 bits per heavy atom. The highest BCUT2D eigenvalue weighted by molar-refractivity contribution is 7.99. The van der Waals surface area contributed by atoms with Crippen LogP contribution < -0.4 is 5.32 Å². The smallest absolute Gasteiger partial charge is 0.234 e. The third kappa shape index (κ3) is 4.74. The van der Waals surface area contributed by atoms with Crippen LogP contribution in [0, 0.1) is 13.8 Å². The Balaban J connectivity index is 1.77. The van der Waals surface area contributed by atoms with Gasteiger partial charge in [0.15, 0.2) is 11.0 Å². The van der Waals surface area contributed by atoms with E-state index in [0.717, 1.165) is 29.1 Å². The molecule has 1 amide bonds. The topological polar surface area (TPSA) is 59.8 Å². The number of aryl methyl sites for hydroxylation is 1. The minimum atomic E-state index is -0.115. The molecule has 0 bridgehead atoms. The van der Waals surface area contributed by atoms with Crippen molar-refractivity contribution in [2.45, 2.75) is 38.9 Å². The van der Waals surface area contributed by atoms with E-state index in [1.807, 2.05) is 29.7 Å². The molecule has 29 heavy (non-hydrogen) atoms. The molecule has 0 unspecified atom stereocenters. The summed E-state index contributed by atoms with van der Waals surface area (Å²) in [5, 5.41) is 15.1. The minimum Gasteiger partial charge on any atom is -0.325 e. The summed E-state index contributed by atoms with van der Waals surface area (Å²) in [6, 6.07) is 5.46. The fourth-order valence-electron chi connectivity index (χ4n) is 3.05. The number of hydrogen-bond acceptors (Lipinski definition) is 5. The van der Waals surface area contributed by atoms with E-state index < -0.39 is 0 Å². The monoisotopic (exact) mass is 446 g/mol. The number of nitrogens with zero attached hydrogens (tertiary/aromatic N) is 3. The number of amides is 1. The van der Waals surface area contributed by atoms with Crippen molar-refractivity contribution in [1.82, 2.24) is 14.8 Å². The van der Waals surface area contributed by atoms with E-state index in [9.17, 15) is 4.79 Å². The number of carbonyl (C=O) groups is 1. The lowest BCUT2D eigenvalue weighted by atomic mass is 10.1. The third-order valence-corrected chi connectivity index (χ3v) is 6.93. The SMILES string of the molecule is C=CCn1c(SCC(=O)Nc2cccc(Cl)c2C)nnc1-c1csc(C)c1CC. The zero-order chi connectivity index (χ0) is 21.0. The molecule has 0 aliphatic carbocycles. The fourth-order valence-corrected chi connectivity index (χ4v) is 4.92. The number of anilines is 1. The molecule has 1 aromatic carbocycles. The highest BCUT2D eigenvalue weighted by Crippen LogP contribution is 2.32. The summed E-state index contributed by atoms with van der Waals surface area (Å²) in [6.45, 7) is 10.6. The second kappa shape index (κ2) is 9.61. The van der Waals surface area contributed by atoms with Crippen LogP contribution in [0.3, 0.4) is 0 Å². The average molecular weight is 447 g/mol. The van der Waals surface area contributed by atoms with Crippen molar-refractivity contribution < 1.29 is 4.79 Å². The molecular weight excluding hydrogens is 424 g/mol. The average Bonchev–Trinajstić information content (AvgIpc) is 3.26. The van der Waals surface area contributed by atoms with Crippen molar-refractivity contribution in [1.29, 1.82) is 0 Å². The molecule has 152 valence electrons. The number of nitrogens with one attached hydrogen (secondary N) is 1. The first-order valence-electron chi connectivity index (χ1n) is 9.25. The zero-order valence-electron chi connectivity index (χ0n) is 16.7. The van der Waals surface area contributed by atoms with Gasteiger partial charge in [-0.15, -0.1) is 28.1 Å². The van der Waals surface area contributed by atoms with Gasteiger partial charge in [0.1, 0.15) is 0 Å². The highest BCUT2D eigenvalue weighted by Gasteiger charge is 2.19. The predicted molar refractivity (Wildman–Crippen MR) is 123 cm³/mol. The molecule has 0 spiro atoms. The molecule has 3 aromatic rings. The Labute approximate surface area is 184 Å². The Morgan fingerprint density at radius 3 is 2.90 bits per heavy atom. The third-order valence-electron chi connectivity index (χ3n) is 4.60. The Kier molecular flexibility index (Phi) is 7.16. The second-order valence-electron chi connectivity index (χ2n) is 6.49. The molecule has 0 saturated heterocycles. The summed E-state index contributed by atoms with van der Waals surface area (Å²) >= 11 is 9.21. The van der Waals surface area contributed by atoms with Gasteiger partial charge in [-0.25, -0.2) is 0 Å². The second-order valence-corrected chi connectivity index (χ2v) is 8.93. The molecule has 2 aromatic heterocycles. The van der Waals surface area contributed by atoms with E-state index in [1.54, 1.807) is 17.4 Å². The van der Waals surface area contributed by atoms with Gasteiger partial charge in [-0.1, -0.05) is 42.4 Å². The minimum absolute atomic E-state index is 0.115. The van der Waals surface area contributed by atoms with Gasteiger partial charge in [0.2, 0.25) is 5.91 Å². The zero-order valence-corrected chi connectivity index (χ0v) is 19.0. The van der Waals surface area contributed by atoms with Crippen LogP contribution in [0.2, 0.25) is 5.02 Å². The number of carbonyl (C=O) groups excluding carboxylic acids is 1. The summed E-state index contributed by atoms with van der Waals surface area (Å²) in [5.74, 6) is 0.931. The first-order valence-corrected chi connectivity index (χ1v) is 11.5. The van der Waals surface area contributed by atoms with E-state index in [1.165, 1.54) is 22.2 Å². The van der Waals surface area contributed by atoms with Gasteiger partial charge in [0.05, 0.1) is 5.75 Å². The van der Waals surface area contributed by atoms with Crippen LogP contribution in [-0.2, 0) is 17.8 Å². The number of hydrogen-bond donors (Lipinski definition) is 1. The van der Waals surface area contributed by atoms with Gasteiger partial charge < -0.3 is 5.32 Å². The van der Waals surface area contributed by atoms with E-state index >= 15 is 0 Å². The van der Waals surface area contributed by atoms with Crippen LogP contribution in [0.25, 0.3) is 11.4 Å². The molecule has 0 aliphatic rings. The summed E-state index contributed by atoms with van der Waals surface area (Å²) in [7, 11) is 0. The first kappa shape index (κ1) is 21.6. The van der Waals surface area contributed by atoms with Crippen LogP contribution in [0.1, 0.15) is 22.9 Å². The largest absolute Gasteiger partial charge is 0.325 e. The molecule has 0 radical (unpaired) electrons. The van der Waals surface area contributed by atoms with Gasteiger partial charge in [-0.05, 0) is 43.5 Å². The van der Waals surface area contributed by atoms with Crippen LogP contribution in [0.15, 0.2) is 41.4 Å². The van der Waals surface area contributed by atoms with Gasteiger partial charge in [-0.2, -0.15) is 0 Å². The molecule has 8 heteroatoms. The van der Waals surface area contributed by atoms with E-state index in [4.69, 9.17) is 11.6 Å². The van der Waals surface area contributed by atoms with E-state index in [2.05, 4.69) is 41.3 Å². The van der Waals surface area contributed by atoms with Crippen molar-refractivity contribution in [2.75, 3.05) is 11.1 Å². The van der Waals surface area contributed by atoms with Crippen LogP contribution in [-0.4, -0.2) is 26.4 Å². The Hall–Kier alpha value is -2.09. The van der Waals surface area contributed by atoms with Crippen LogP contribution >= 0.6 is 34.7 Å². The maximum Gasteiger partial charge on any atom is 0.234 e. The van der Waals surface area contributed by atoms with Gasteiger partial charge in [0, 0.05) is 33.1 Å². The van der Waals surface area contributed by atoms with Gasteiger partial charge in [0.25, 0.3) is 0 Å².